The molecule has 0 aliphatic carbocycles. The Labute approximate surface area is 86.0 Å². The van der Waals surface area contributed by atoms with Crippen LogP contribution >= 0.6 is 11.8 Å². The van der Waals surface area contributed by atoms with E-state index in [2.05, 4.69) is 4.98 Å². The third-order valence-corrected chi connectivity index (χ3v) is 3.83. The quantitative estimate of drug-likeness (QED) is 0.650. The lowest BCUT2D eigenvalue weighted by Crippen LogP contribution is -2.31. The normalized spacial score (nSPS) is 30.4. The van der Waals surface area contributed by atoms with Crippen LogP contribution in [0.15, 0.2) is 16.1 Å². The zero-order valence-corrected chi connectivity index (χ0v) is 9.13. The molecule has 14 heavy (non-hydrogen) atoms. The predicted molar refractivity (Wildman–Crippen MR) is 54.4 cm³/mol. The summed E-state index contributed by atoms with van der Waals surface area (Å²) in [6, 6.07) is -0.234. The summed E-state index contributed by atoms with van der Waals surface area (Å²) in [5.74, 6) is 0. The van der Waals surface area contributed by atoms with Crippen LogP contribution in [0.5, 0.6) is 0 Å². The molecule has 2 heterocycles. The van der Waals surface area contributed by atoms with E-state index in [9.17, 15) is 9.90 Å². The second-order valence-corrected chi connectivity index (χ2v) is 5.13. The SMILES string of the molecule is Cc1cnc2n(c1=O)C(C)C(C)(O)S2. The number of aryl methyl sites for hydroxylation is 1. The van der Waals surface area contributed by atoms with E-state index < -0.39 is 4.93 Å². The van der Waals surface area contributed by atoms with Gasteiger partial charge in [0.15, 0.2) is 5.16 Å². The van der Waals surface area contributed by atoms with Crippen molar-refractivity contribution in [3.8, 4) is 0 Å². The van der Waals surface area contributed by atoms with E-state index in [-0.39, 0.29) is 11.6 Å². The molecule has 0 radical (unpaired) electrons. The van der Waals surface area contributed by atoms with Crippen LogP contribution in [-0.4, -0.2) is 19.6 Å². The zero-order valence-electron chi connectivity index (χ0n) is 8.31. The Bertz CT molecular complexity index is 439. The molecule has 1 aliphatic heterocycles. The van der Waals surface area contributed by atoms with E-state index in [0.717, 1.165) is 0 Å². The molecule has 76 valence electrons. The van der Waals surface area contributed by atoms with Crippen LogP contribution in [0.1, 0.15) is 25.5 Å². The minimum absolute atomic E-state index is 0.0622. The summed E-state index contributed by atoms with van der Waals surface area (Å²) >= 11 is 1.23. The van der Waals surface area contributed by atoms with Gasteiger partial charge in [0.2, 0.25) is 0 Å². The highest BCUT2D eigenvalue weighted by atomic mass is 32.2. The van der Waals surface area contributed by atoms with Gasteiger partial charge in [-0.05, 0) is 20.8 Å². The maximum atomic E-state index is 11.8. The van der Waals surface area contributed by atoms with Gasteiger partial charge in [-0.2, -0.15) is 0 Å². The average molecular weight is 212 g/mol. The first kappa shape index (κ1) is 9.73. The van der Waals surface area contributed by atoms with E-state index in [1.165, 1.54) is 11.8 Å². The van der Waals surface area contributed by atoms with Crippen LogP contribution in [0.2, 0.25) is 0 Å². The molecule has 2 unspecified atom stereocenters. The molecule has 0 fully saturated rings. The summed E-state index contributed by atoms with van der Waals surface area (Å²) in [5.41, 5.74) is 0.548. The molecule has 1 aromatic heterocycles. The number of nitrogens with zero attached hydrogens (tertiary/aromatic N) is 2. The number of fused-ring (bicyclic) bond motifs is 1. The summed E-state index contributed by atoms with van der Waals surface area (Å²) in [6.07, 6.45) is 1.55. The molecular formula is C9H12N2O2S. The lowest BCUT2D eigenvalue weighted by molar-refractivity contribution is 0.108. The topological polar surface area (TPSA) is 55.1 Å². The van der Waals surface area contributed by atoms with Gasteiger partial charge in [-0.3, -0.25) is 9.36 Å². The number of hydrogen-bond acceptors (Lipinski definition) is 4. The maximum Gasteiger partial charge on any atom is 0.257 e. The van der Waals surface area contributed by atoms with Gasteiger partial charge < -0.3 is 5.11 Å². The van der Waals surface area contributed by atoms with Crippen LogP contribution in [0, 0.1) is 6.92 Å². The van der Waals surface area contributed by atoms with E-state index >= 15 is 0 Å². The fourth-order valence-corrected chi connectivity index (χ4v) is 2.56. The highest BCUT2D eigenvalue weighted by molar-refractivity contribution is 8.00. The van der Waals surface area contributed by atoms with Crippen molar-refractivity contribution in [1.29, 1.82) is 0 Å². The Kier molecular flexibility index (Phi) is 1.97. The van der Waals surface area contributed by atoms with Gasteiger partial charge in [-0.15, -0.1) is 0 Å². The third-order valence-electron chi connectivity index (χ3n) is 2.59. The molecule has 1 N–H and O–H groups in total. The second kappa shape index (κ2) is 2.84. The molecule has 1 aliphatic rings. The van der Waals surface area contributed by atoms with E-state index in [1.54, 1.807) is 24.6 Å². The standard InChI is InChI=1S/C9H12N2O2S/c1-5-4-10-8-11(7(5)12)6(2)9(3,13)14-8/h4,6,13H,1-3H3. The number of thioether (sulfide) groups is 1. The predicted octanol–water partition coefficient (Wildman–Crippen LogP) is 0.927. The zero-order chi connectivity index (χ0) is 10.5. The van der Waals surface area contributed by atoms with Crippen LogP contribution in [-0.2, 0) is 0 Å². The average Bonchev–Trinajstić information content (AvgIpc) is 2.32. The summed E-state index contributed by atoms with van der Waals surface area (Å²) in [7, 11) is 0. The summed E-state index contributed by atoms with van der Waals surface area (Å²) in [6.45, 7) is 5.25. The fourth-order valence-electron chi connectivity index (χ4n) is 1.47. The van der Waals surface area contributed by atoms with Crippen molar-refractivity contribution >= 4 is 11.8 Å². The Morgan fingerprint density at radius 1 is 1.71 bits per heavy atom. The summed E-state index contributed by atoms with van der Waals surface area (Å²) in [4.78, 5) is 15.0. The molecule has 2 atom stereocenters. The van der Waals surface area contributed by atoms with Crippen LogP contribution < -0.4 is 5.56 Å². The van der Waals surface area contributed by atoms with Crippen molar-refractivity contribution in [2.45, 2.75) is 36.9 Å². The van der Waals surface area contributed by atoms with Crippen molar-refractivity contribution in [3.63, 3.8) is 0 Å². The Hall–Kier alpha value is -0.810. The summed E-state index contributed by atoms with van der Waals surface area (Å²) < 4.78 is 1.56. The second-order valence-electron chi connectivity index (χ2n) is 3.73. The van der Waals surface area contributed by atoms with Crippen molar-refractivity contribution in [2.24, 2.45) is 0 Å². The molecule has 2 rings (SSSR count). The van der Waals surface area contributed by atoms with Crippen molar-refractivity contribution in [3.05, 3.63) is 22.1 Å². The first-order chi connectivity index (χ1) is 6.43. The molecule has 0 aromatic carbocycles. The molecule has 0 saturated carbocycles. The molecule has 4 nitrogen and oxygen atoms in total. The van der Waals surface area contributed by atoms with Crippen molar-refractivity contribution < 1.29 is 5.11 Å². The summed E-state index contributed by atoms with van der Waals surface area (Å²) in [5, 5.41) is 10.6. The lowest BCUT2D eigenvalue weighted by atomic mass is 10.2. The largest absolute Gasteiger partial charge is 0.377 e. The van der Waals surface area contributed by atoms with Crippen LogP contribution in [0.25, 0.3) is 0 Å². The fraction of sp³-hybridized carbons (Fsp3) is 0.556. The highest BCUT2D eigenvalue weighted by Gasteiger charge is 2.40. The molecular weight excluding hydrogens is 200 g/mol. The van der Waals surface area contributed by atoms with E-state index in [1.807, 2.05) is 6.92 Å². The van der Waals surface area contributed by atoms with E-state index in [4.69, 9.17) is 0 Å². The van der Waals surface area contributed by atoms with Gasteiger partial charge >= 0.3 is 0 Å². The van der Waals surface area contributed by atoms with E-state index in [0.29, 0.717) is 10.7 Å². The first-order valence-electron chi connectivity index (χ1n) is 4.43. The molecule has 0 saturated heterocycles. The minimum Gasteiger partial charge on any atom is -0.377 e. The molecule has 0 amide bonds. The smallest absolute Gasteiger partial charge is 0.257 e. The van der Waals surface area contributed by atoms with Gasteiger partial charge in [0.25, 0.3) is 5.56 Å². The maximum absolute atomic E-state index is 11.8. The first-order valence-corrected chi connectivity index (χ1v) is 5.24. The van der Waals surface area contributed by atoms with Crippen molar-refractivity contribution in [2.75, 3.05) is 0 Å². The minimum atomic E-state index is -0.938. The molecule has 0 spiro atoms. The molecule has 1 aromatic rings. The van der Waals surface area contributed by atoms with Gasteiger partial charge in [0.1, 0.15) is 4.93 Å². The van der Waals surface area contributed by atoms with Gasteiger partial charge in [0, 0.05) is 11.8 Å². The third kappa shape index (κ3) is 1.19. The monoisotopic (exact) mass is 212 g/mol. The number of hydrogen-bond donors (Lipinski definition) is 1. The lowest BCUT2D eigenvalue weighted by Gasteiger charge is -2.20. The molecule has 5 heteroatoms. The van der Waals surface area contributed by atoms with Gasteiger partial charge in [-0.25, -0.2) is 4.98 Å². The number of aromatic nitrogens is 2. The highest BCUT2D eigenvalue weighted by Crippen LogP contribution is 2.44. The Morgan fingerprint density at radius 3 is 3.00 bits per heavy atom. The number of rotatable bonds is 0. The van der Waals surface area contributed by atoms with Gasteiger partial charge in [-0.1, -0.05) is 11.8 Å². The Morgan fingerprint density at radius 2 is 2.36 bits per heavy atom. The molecule has 0 bridgehead atoms. The Balaban J connectivity index is 2.67. The van der Waals surface area contributed by atoms with Crippen LogP contribution in [0.4, 0.5) is 0 Å². The number of aliphatic hydroxyl groups is 1. The van der Waals surface area contributed by atoms with Crippen molar-refractivity contribution in [1.82, 2.24) is 9.55 Å². The van der Waals surface area contributed by atoms with Gasteiger partial charge in [0.05, 0.1) is 6.04 Å². The van der Waals surface area contributed by atoms with Crippen LogP contribution in [0.3, 0.4) is 0 Å².